The first-order valence-electron chi connectivity index (χ1n) is 8.86. The van der Waals surface area contributed by atoms with E-state index in [1.165, 1.54) is 0 Å². The summed E-state index contributed by atoms with van der Waals surface area (Å²) in [6, 6.07) is 10.3. The Balaban J connectivity index is 2.27. The molecule has 1 amide bonds. The first-order chi connectivity index (χ1) is 11.2. The Hall–Kier alpha value is -1.39. The summed E-state index contributed by atoms with van der Waals surface area (Å²) >= 11 is 0. The van der Waals surface area contributed by atoms with Crippen molar-refractivity contribution < 1.29 is 9.90 Å². The first-order valence-corrected chi connectivity index (χ1v) is 8.86. The number of hydrogen-bond donors (Lipinski definition) is 1. The van der Waals surface area contributed by atoms with Gasteiger partial charge in [0.15, 0.2) is 0 Å². The Kier molecular flexibility index (Phi) is 6.60. The van der Waals surface area contributed by atoms with Crippen LogP contribution in [0.2, 0.25) is 0 Å². The lowest BCUT2D eigenvalue weighted by atomic mass is 9.72. The molecule has 0 bridgehead atoms. The van der Waals surface area contributed by atoms with Gasteiger partial charge in [-0.1, -0.05) is 57.0 Å². The van der Waals surface area contributed by atoms with Gasteiger partial charge >= 0.3 is 0 Å². The van der Waals surface area contributed by atoms with Crippen LogP contribution >= 0.6 is 0 Å². The number of rotatable bonds is 7. The van der Waals surface area contributed by atoms with Crippen molar-refractivity contribution in [3.63, 3.8) is 0 Å². The normalized spacial score (nSPS) is 16.6. The van der Waals surface area contributed by atoms with Crippen molar-refractivity contribution in [3.05, 3.63) is 35.9 Å². The fourth-order valence-electron chi connectivity index (χ4n) is 3.76. The first kappa shape index (κ1) is 18.0. The lowest BCUT2D eigenvalue weighted by molar-refractivity contribution is -0.140. The number of hydrogen-bond acceptors (Lipinski definition) is 3. The second-order valence-electron chi connectivity index (χ2n) is 6.50. The zero-order valence-corrected chi connectivity index (χ0v) is 14.5. The summed E-state index contributed by atoms with van der Waals surface area (Å²) in [5, 5.41) is 9.24. The van der Waals surface area contributed by atoms with Crippen molar-refractivity contribution in [1.29, 1.82) is 0 Å². The van der Waals surface area contributed by atoms with Crippen LogP contribution in [0.5, 0.6) is 0 Å². The molecule has 1 saturated heterocycles. The second kappa shape index (κ2) is 8.46. The minimum atomic E-state index is -0.397. The molecular formula is C19H30N2O2. The van der Waals surface area contributed by atoms with Crippen LogP contribution in [-0.2, 0) is 10.2 Å². The highest BCUT2D eigenvalue weighted by atomic mass is 16.3. The van der Waals surface area contributed by atoms with E-state index in [1.54, 1.807) is 0 Å². The molecule has 0 unspecified atom stereocenters. The summed E-state index contributed by atoms with van der Waals surface area (Å²) in [7, 11) is 0. The molecule has 1 heterocycles. The Bertz CT molecular complexity index is 475. The van der Waals surface area contributed by atoms with E-state index in [9.17, 15) is 9.90 Å². The van der Waals surface area contributed by atoms with Crippen molar-refractivity contribution in [2.75, 3.05) is 32.9 Å². The SMILES string of the molecule is CCCC(CCC)(C(=O)N1CCN(CO)CC1)c1ccccc1. The predicted octanol–water partition coefficient (Wildman–Crippen LogP) is 2.62. The molecule has 1 fully saturated rings. The van der Waals surface area contributed by atoms with Crippen molar-refractivity contribution in [1.82, 2.24) is 9.80 Å². The van der Waals surface area contributed by atoms with Crippen LogP contribution < -0.4 is 0 Å². The van der Waals surface area contributed by atoms with Gasteiger partial charge in [0.25, 0.3) is 0 Å². The summed E-state index contributed by atoms with van der Waals surface area (Å²) < 4.78 is 0. The van der Waals surface area contributed by atoms with Gasteiger partial charge in [-0.05, 0) is 18.4 Å². The Morgan fingerprint density at radius 3 is 2.09 bits per heavy atom. The molecule has 0 atom stereocenters. The Morgan fingerprint density at radius 2 is 1.61 bits per heavy atom. The monoisotopic (exact) mass is 318 g/mol. The van der Waals surface area contributed by atoms with E-state index in [-0.39, 0.29) is 12.6 Å². The molecular weight excluding hydrogens is 288 g/mol. The molecule has 0 radical (unpaired) electrons. The summed E-state index contributed by atoms with van der Waals surface area (Å²) in [6.45, 7) is 7.32. The van der Waals surface area contributed by atoms with Crippen LogP contribution in [0.4, 0.5) is 0 Å². The third-order valence-electron chi connectivity index (χ3n) is 4.95. The van der Waals surface area contributed by atoms with Crippen molar-refractivity contribution in [2.45, 2.75) is 44.9 Å². The third-order valence-corrected chi connectivity index (χ3v) is 4.95. The van der Waals surface area contributed by atoms with Gasteiger partial charge in [0, 0.05) is 26.2 Å². The smallest absolute Gasteiger partial charge is 0.233 e. The van der Waals surface area contributed by atoms with Crippen molar-refractivity contribution in [2.24, 2.45) is 0 Å². The number of aliphatic hydroxyl groups excluding tert-OH is 1. The number of carbonyl (C=O) groups excluding carboxylic acids is 1. The van der Waals surface area contributed by atoms with Crippen molar-refractivity contribution in [3.8, 4) is 0 Å². The van der Waals surface area contributed by atoms with E-state index in [1.807, 2.05) is 28.0 Å². The largest absolute Gasteiger partial charge is 0.381 e. The van der Waals surface area contributed by atoms with Gasteiger partial charge in [0.2, 0.25) is 5.91 Å². The topological polar surface area (TPSA) is 43.8 Å². The van der Waals surface area contributed by atoms with E-state index in [4.69, 9.17) is 0 Å². The van der Waals surface area contributed by atoms with Gasteiger partial charge in [-0.25, -0.2) is 0 Å². The van der Waals surface area contributed by atoms with Crippen LogP contribution in [0, 0.1) is 0 Å². The van der Waals surface area contributed by atoms with E-state index >= 15 is 0 Å². The zero-order chi connectivity index (χ0) is 16.7. The summed E-state index contributed by atoms with van der Waals surface area (Å²) in [4.78, 5) is 17.4. The van der Waals surface area contributed by atoms with E-state index in [0.717, 1.165) is 44.3 Å². The van der Waals surface area contributed by atoms with E-state index in [2.05, 4.69) is 26.0 Å². The summed E-state index contributed by atoms with van der Waals surface area (Å²) in [5.41, 5.74) is 0.755. The van der Waals surface area contributed by atoms with Gasteiger partial charge < -0.3 is 10.0 Å². The number of carbonyl (C=O) groups is 1. The van der Waals surface area contributed by atoms with Crippen LogP contribution in [0.15, 0.2) is 30.3 Å². The number of piperazine rings is 1. The van der Waals surface area contributed by atoms with Gasteiger partial charge in [-0.2, -0.15) is 0 Å². The molecule has 2 rings (SSSR count). The minimum Gasteiger partial charge on any atom is -0.381 e. The molecule has 1 aromatic carbocycles. The van der Waals surface area contributed by atoms with Gasteiger partial charge in [0.05, 0.1) is 12.1 Å². The van der Waals surface area contributed by atoms with E-state index in [0.29, 0.717) is 13.1 Å². The fourth-order valence-corrected chi connectivity index (χ4v) is 3.76. The molecule has 1 N–H and O–H groups in total. The number of aliphatic hydroxyl groups is 1. The van der Waals surface area contributed by atoms with E-state index < -0.39 is 5.41 Å². The van der Waals surface area contributed by atoms with Crippen LogP contribution in [0.3, 0.4) is 0 Å². The highest BCUT2D eigenvalue weighted by molar-refractivity contribution is 5.88. The predicted molar refractivity (Wildman–Crippen MR) is 93.2 cm³/mol. The zero-order valence-electron chi connectivity index (χ0n) is 14.5. The summed E-state index contributed by atoms with van der Waals surface area (Å²) in [5.74, 6) is 0.269. The van der Waals surface area contributed by atoms with Crippen LogP contribution in [0.1, 0.15) is 45.1 Å². The highest BCUT2D eigenvalue weighted by Crippen LogP contribution is 2.36. The highest BCUT2D eigenvalue weighted by Gasteiger charge is 2.41. The maximum atomic E-state index is 13.4. The van der Waals surface area contributed by atoms with Gasteiger partial charge in [0.1, 0.15) is 0 Å². The average molecular weight is 318 g/mol. The molecule has 1 aliphatic rings. The van der Waals surface area contributed by atoms with Crippen LogP contribution in [-0.4, -0.2) is 53.7 Å². The molecule has 0 saturated carbocycles. The number of amides is 1. The molecule has 1 aromatic rings. The number of benzene rings is 1. The standard InChI is InChI=1S/C19H30N2O2/c1-3-10-19(11-4-2,17-8-6-5-7-9-17)18(23)21-14-12-20(16-22)13-15-21/h5-9,22H,3-4,10-16H2,1-2H3. The summed E-state index contributed by atoms with van der Waals surface area (Å²) in [6.07, 6.45) is 3.78. The molecule has 23 heavy (non-hydrogen) atoms. The van der Waals surface area contributed by atoms with Gasteiger partial charge in [-0.15, -0.1) is 0 Å². The maximum absolute atomic E-state index is 13.4. The quantitative estimate of drug-likeness (QED) is 0.840. The molecule has 4 nitrogen and oxygen atoms in total. The Morgan fingerprint density at radius 1 is 1.04 bits per heavy atom. The maximum Gasteiger partial charge on any atom is 0.233 e. The lowest BCUT2D eigenvalue weighted by Gasteiger charge is -2.41. The molecule has 4 heteroatoms. The molecule has 0 aromatic heterocycles. The molecule has 128 valence electrons. The Labute approximate surface area is 140 Å². The van der Waals surface area contributed by atoms with Crippen molar-refractivity contribution >= 4 is 5.91 Å². The second-order valence-corrected chi connectivity index (χ2v) is 6.50. The molecule has 0 aliphatic carbocycles. The third kappa shape index (κ3) is 3.93. The fraction of sp³-hybridized carbons (Fsp3) is 0.632. The molecule has 0 spiro atoms. The minimum absolute atomic E-state index is 0.0791. The average Bonchev–Trinajstić information content (AvgIpc) is 2.61. The lowest BCUT2D eigenvalue weighted by Crippen LogP contribution is -2.54. The van der Waals surface area contributed by atoms with Gasteiger partial charge in [-0.3, -0.25) is 9.69 Å². The van der Waals surface area contributed by atoms with Crippen LogP contribution in [0.25, 0.3) is 0 Å². The molecule has 1 aliphatic heterocycles. The number of nitrogens with zero attached hydrogens (tertiary/aromatic N) is 2.